The number of likely N-dealkylation sites (tertiary alicyclic amines) is 1. The zero-order valence-electron chi connectivity index (χ0n) is 12.6. The van der Waals surface area contributed by atoms with Gasteiger partial charge in [0.1, 0.15) is 0 Å². The first-order chi connectivity index (χ1) is 10.1. The van der Waals surface area contributed by atoms with Crippen molar-refractivity contribution < 1.29 is 14.3 Å². The van der Waals surface area contributed by atoms with Crippen LogP contribution in [0.5, 0.6) is 0 Å². The molecule has 112 valence electrons. The molecule has 4 heteroatoms. The van der Waals surface area contributed by atoms with Crippen molar-refractivity contribution in [3.63, 3.8) is 0 Å². The Labute approximate surface area is 125 Å². The lowest BCUT2D eigenvalue weighted by molar-refractivity contribution is -0.145. The van der Waals surface area contributed by atoms with Crippen LogP contribution in [0.15, 0.2) is 18.2 Å². The average molecular weight is 287 g/mol. The molecule has 1 fully saturated rings. The van der Waals surface area contributed by atoms with Gasteiger partial charge in [0.15, 0.2) is 0 Å². The monoisotopic (exact) mass is 287 g/mol. The summed E-state index contributed by atoms with van der Waals surface area (Å²) < 4.78 is 4.77. The standard InChI is InChI=1S/C17H21NO3/c1-18-9-3-7-17(16(18)20)8-6-12-10-13(15(19)21-2)4-5-14(12)11-17/h4-5,10H,3,6-9,11H2,1-2H3/t17-/m0/s1. The van der Waals surface area contributed by atoms with Crippen LogP contribution in [-0.4, -0.2) is 37.5 Å². The fourth-order valence-corrected chi connectivity index (χ4v) is 3.77. The SMILES string of the molecule is COC(=O)c1ccc2c(c1)CC[C@@]1(CCCN(C)C1=O)C2. The first-order valence-corrected chi connectivity index (χ1v) is 7.51. The molecular weight excluding hydrogens is 266 g/mol. The summed E-state index contributed by atoms with van der Waals surface area (Å²) in [7, 11) is 3.30. The molecule has 0 saturated carbocycles. The number of hydrogen-bond acceptors (Lipinski definition) is 3. The van der Waals surface area contributed by atoms with Gasteiger partial charge in [0, 0.05) is 13.6 Å². The Morgan fingerprint density at radius 3 is 2.86 bits per heavy atom. The minimum absolute atomic E-state index is 0.215. The second-order valence-electron chi connectivity index (χ2n) is 6.26. The molecule has 1 aliphatic carbocycles. The van der Waals surface area contributed by atoms with Crippen LogP contribution in [-0.2, 0) is 22.4 Å². The molecule has 1 atom stereocenters. The third kappa shape index (κ3) is 2.33. The number of carbonyl (C=O) groups is 2. The minimum Gasteiger partial charge on any atom is -0.465 e. The minimum atomic E-state index is -0.299. The van der Waals surface area contributed by atoms with Crippen molar-refractivity contribution in [3.05, 3.63) is 34.9 Å². The Kier molecular flexibility index (Phi) is 3.47. The van der Waals surface area contributed by atoms with E-state index in [1.165, 1.54) is 18.2 Å². The second-order valence-corrected chi connectivity index (χ2v) is 6.26. The van der Waals surface area contributed by atoms with E-state index >= 15 is 0 Å². The molecule has 0 aromatic heterocycles. The Hall–Kier alpha value is -1.84. The number of nitrogens with zero attached hydrogens (tertiary/aromatic N) is 1. The Morgan fingerprint density at radius 1 is 1.29 bits per heavy atom. The molecule has 4 nitrogen and oxygen atoms in total. The molecule has 1 heterocycles. The number of ether oxygens (including phenoxy) is 1. The van der Waals surface area contributed by atoms with Gasteiger partial charge in [0.25, 0.3) is 0 Å². The molecule has 0 unspecified atom stereocenters. The molecule has 1 amide bonds. The van der Waals surface area contributed by atoms with E-state index in [0.29, 0.717) is 5.56 Å². The highest BCUT2D eigenvalue weighted by atomic mass is 16.5. The maximum absolute atomic E-state index is 12.6. The van der Waals surface area contributed by atoms with Crippen molar-refractivity contribution in [1.29, 1.82) is 0 Å². The van der Waals surface area contributed by atoms with Crippen LogP contribution in [0.3, 0.4) is 0 Å². The summed E-state index contributed by atoms with van der Waals surface area (Å²) in [5, 5.41) is 0. The van der Waals surface area contributed by atoms with Crippen molar-refractivity contribution in [2.75, 3.05) is 20.7 Å². The Balaban J connectivity index is 1.89. The largest absolute Gasteiger partial charge is 0.465 e. The lowest BCUT2D eigenvalue weighted by Gasteiger charge is -2.43. The van der Waals surface area contributed by atoms with Crippen LogP contribution in [0.1, 0.15) is 40.7 Å². The molecule has 3 rings (SSSR count). The molecule has 1 spiro atoms. The van der Waals surface area contributed by atoms with E-state index in [1.807, 2.05) is 24.1 Å². The van der Waals surface area contributed by atoms with Crippen LogP contribution in [0, 0.1) is 5.41 Å². The molecule has 1 aliphatic heterocycles. The summed E-state index contributed by atoms with van der Waals surface area (Å²) in [4.78, 5) is 26.1. The van der Waals surface area contributed by atoms with E-state index in [-0.39, 0.29) is 17.3 Å². The summed E-state index contributed by atoms with van der Waals surface area (Å²) in [6.07, 6.45) is 4.60. The van der Waals surface area contributed by atoms with Crippen LogP contribution >= 0.6 is 0 Å². The average Bonchev–Trinajstić information content (AvgIpc) is 2.51. The van der Waals surface area contributed by atoms with Gasteiger partial charge in [0.05, 0.1) is 18.1 Å². The van der Waals surface area contributed by atoms with E-state index in [9.17, 15) is 9.59 Å². The number of methoxy groups -OCH3 is 1. The van der Waals surface area contributed by atoms with Crippen molar-refractivity contribution in [3.8, 4) is 0 Å². The number of carbonyl (C=O) groups excluding carboxylic acids is 2. The fraction of sp³-hybridized carbons (Fsp3) is 0.529. The predicted molar refractivity (Wildman–Crippen MR) is 79.1 cm³/mol. The predicted octanol–water partition coefficient (Wildman–Crippen LogP) is 2.20. The number of hydrogen-bond donors (Lipinski definition) is 0. The van der Waals surface area contributed by atoms with Crippen LogP contribution in [0.2, 0.25) is 0 Å². The van der Waals surface area contributed by atoms with E-state index in [4.69, 9.17) is 4.74 Å². The topological polar surface area (TPSA) is 46.6 Å². The lowest BCUT2D eigenvalue weighted by Crippen LogP contribution is -2.49. The number of amides is 1. The summed E-state index contributed by atoms with van der Waals surface area (Å²) >= 11 is 0. The van der Waals surface area contributed by atoms with Gasteiger partial charge in [-0.2, -0.15) is 0 Å². The summed E-state index contributed by atoms with van der Waals surface area (Å²) in [6.45, 7) is 0.870. The molecule has 1 aromatic rings. The van der Waals surface area contributed by atoms with Crippen molar-refractivity contribution in [1.82, 2.24) is 4.90 Å². The van der Waals surface area contributed by atoms with Crippen molar-refractivity contribution in [2.24, 2.45) is 5.41 Å². The zero-order valence-corrected chi connectivity index (χ0v) is 12.6. The van der Waals surface area contributed by atoms with Gasteiger partial charge in [-0.3, -0.25) is 4.79 Å². The molecule has 0 N–H and O–H groups in total. The van der Waals surface area contributed by atoms with E-state index in [1.54, 1.807) is 6.07 Å². The first-order valence-electron chi connectivity index (χ1n) is 7.51. The Bertz CT molecular complexity index is 596. The third-order valence-electron chi connectivity index (χ3n) is 4.98. The number of piperidine rings is 1. The first kappa shape index (κ1) is 14.1. The van der Waals surface area contributed by atoms with Gasteiger partial charge >= 0.3 is 5.97 Å². The number of fused-ring (bicyclic) bond motifs is 1. The third-order valence-corrected chi connectivity index (χ3v) is 4.98. The van der Waals surface area contributed by atoms with E-state index in [2.05, 4.69) is 0 Å². The highest BCUT2D eigenvalue weighted by Gasteiger charge is 2.44. The summed E-state index contributed by atoms with van der Waals surface area (Å²) in [6, 6.07) is 5.72. The molecule has 0 bridgehead atoms. The van der Waals surface area contributed by atoms with Crippen LogP contribution in [0.4, 0.5) is 0 Å². The van der Waals surface area contributed by atoms with Gasteiger partial charge in [-0.05, 0) is 55.4 Å². The van der Waals surface area contributed by atoms with Gasteiger partial charge < -0.3 is 9.64 Å². The number of rotatable bonds is 1. The lowest BCUT2D eigenvalue weighted by atomic mass is 9.66. The maximum atomic E-state index is 12.6. The normalized spacial score (nSPS) is 24.9. The quantitative estimate of drug-likeness (QED) is 0.744. The maximum Gasteiger partial charge on any atom is 0.337 e. The van der Waals surface area contributed by atoms with Crippen molar-refractivity contribution >= 4 is 11.9 Å². The smallest absolute Gasteiger partial charge is 0.337 e. The molecular formula is C17H21NO3. The van der Waals surface area contributed by atoms with Gasteiger partial charge in [-0.1, -0.05) is 6.07 Å². The van der Waals surface area contributed by atoms with Crippen molar-refractivity contribution in [2.45, 2.75) is 32.1 Å². The van der Waals surface area contributed by atoms with Gasteiger partial charge in [0.2, 0.25) is 5.91 Å². The number of esters is 1. The highest BCUT2D eigenvalue weighted by molar-refractivity contribution is 5.90. The zero-order chi connectivity index (χ0) is 15.0. The van der Waals surface area contributed by atoms with Gasteiger partial charge in [-0.25, -0.2) is 4.79 Å². The van der Waals surface area contributed by atoms with Crippen LogP contribution in [0.25, 0.3) is 0 Å². The second kappa shape index (κ2) is 5.17. The molecule has 1 aromatic carbocycles. The summed E-state index contributed by atoms with van der Waals surface area (Å²) in [5.74, 6) is -0.0111. The number of benzene rings is 1. The molecule has 0 radical (unpaired) electrons. The highest BCUT2D eigenvalue weighted by Crippen LogP contribution is 2.43. The molecule has 1 saturated heterocycles. The summed E-state index contributed by atoms with van der Waals surface area (Å²) in [5.41, 5.74) is 2.77. The Morgan fingerprint density at radius 2 is 2.10 bits per heavy atom. The fourth-order valence-electron chi connectivity index (χ4n) is 3.77. The van der Waals surface area contributed by atoms with E-state index < -0.39 is 0 Å². The molecule has 2 aliphatic rings. The van der Waals surface area contributed by atoms with Gasteiger partial charge in [-0.15, -0.1) is 0 Å². The molecule has 21 heavy (non-hydrogen) atoms. The van der Waals surface area contributed by atoms with E-state index in [0.717, 1.165) is 38.6 Å². The number of aryl methyl sites for hydroxylation is 1. The van der Waals surface area contributed by atoms with Crippen LogP contribution < -0.4 is 0 Å².